The van der Waals surface area contributed by atoms with E-state index < -0.39 is 0 Å². The first-order valence-corrected chi connectivity index (χ1v) is 6.63. The number of aromatic nitrogens is 2. The topological polar surface area (TPSA) is 37.9 Å². The van der Waals surface area contributed by atoms with E-state index in [1.807, 2.05) is 13.8 Å². The molecule has 4 heteroatoms. The van der Waals surface area contributed by atoms with E-state index in [4.69, 9.17) is 17.0 Å². The van der Waals surface area contributed by atoms with Crippen LogP contribution in [0.2, 0.25) is 0 Å². The van der Waals surface area contributed by atoms with Crippen LogP contribution in [0.15, 0.2) is 0 Å². The van der Waals surface area contributed by atoms with Crippen molar-refractivity contribution in [2.24, 2.45) is 5.92 Å². The molecular weight excluding hydrogens is 232 g/mol. The van der Waals surface area contributed by atoms with Crippen molar-refractivity contribution in [2.45, 2.75) is 47.1 Å². The Hall–Kier alpha value is -0.740. The molecular formula is C13H22N2OS. The van der Waals surface area contributed by atoms with E-state index in [1.165, 1.54) is 0 Å². The predicted molar refractivity (Wildman–Crippen MR) is 72.7 cm³/mol. The highest BCUT2D eigenvalue weighted by atomic mass is 32.1. The zero-order valence-corrected chi connectivity index (χ0v) is 12.1. The van der Waals surface area contributed by atoms with Gasteiger partial charge in [-0.3, -0.25) is 0 Å². The summed E-state index contributed by atoms with van der Waals surface area (Å²) in [4.78, 5) is 7.82. The highest BCUT2D eigenvalue weighted by molar-refractivity contribution is 7.71. The fourth-order valence-electron chi connectivity index (χ4n) is 1.85. The Morgan fingerprint density at radius 1 is 1.35 bits per heavy atom. The highest BCUT2D eigenvalue weighted by Crippen LogP contribution is 2.23. The molecule has 1 atom stereocenters. The molecule has 1 rings (SSSR count). The average molecular weight is 254 g/mol. The third-order valence-electron chi connectivity index (χ3n) is 2.85. The van der Waals surface area contributed by atoms with Gasteiger partial charge in [0.1, 0.15) is 16.6 Å². The average Bonchev–Trinajstić information content (AvgIpc) is 2.29. The minimum Gasteiger partial charge on any atom is -0.370 e. The molecule has 0 radical (unpaired) electrons. The van der Waals surface area contributed by atoms with Crippen molar-refractivity contribution in [2.75, 3.05) is 6.61 Å². The predicted octanol–water partition coefficient (Wildman–Crippen LogP) is 3.74. The molecule has 0 aliphatic carbocycles. The molecule has 1 aromatic rings. The number of nitrogens with zero attached hydrogens (tertiary/aromatic N) is 1. The van der Waals surface area contributed by atoms with E-state index in [1.54, 1.807) is 0 Å². The standard InChI is InChI=1S/C13H22N2OS/c1-6-10-9(5)13(17)15-12(14-10)11(8(3)4)16-7-2/h8,11H,6-7H2,1-5H3,(H,14,15,17). The van der Waals surface area contributed by atoms with Crippen molar-refractivity contribution in [1.82, 2.24) is 9.97 Å². The van der Waals surface area contributed by atoms with Gasteiger partial charge in [0.05, 0.1) is 0 Å². The number of H-pyrrole nitrogens is 1. The second-order valence-electron chi connectivity index (χ2n) is 4.50. The van der Waals surface area contributed by atoms with Crippen LogP contribution in [-0.2, 0) is 11.2 Å². The number of aromatic amines is 1. The van der Waals surface area contributed by atoms with Crippen molar-refractivity contribution < 1.29 is 4.74 Å². The Labute approximate surface area is 109 Å². The van der Waals surface area contributed by atoms with Gasteiger partial charge in [0.2, 0.25) is 0 Å². The van der Waals surface area contributed by atoms with E-state index in [-0.39, 0.29) is 6.10 Å². The lowest BCUT2D eigenvalue weighted by atomic mass is 10.1. The van der Waals surface area contributed by atoms with Gasteiger partial charge < -0.3 is 9.72 Å². The second-order valence-corrected chi connectivity index (χ2v) is 4.89. The number of hydrogen-bond acceptors (Lipinski definition) is 3. The van der Waals surface area contributed by atoms with Gasteiger partial charge in [-0.25, -0.2) is 4.98 Å². The first-order chi connectivity index (χ1) is 8.01. The highest BCUT2D eigenvalue weighted by Gasteiger charge is 2.19. The van der Waals surface area contributed by atoms with E-state index >= 15 is 0 Å². The van der Waals surface area contributed by atoms with Crippen LogP contribution in [-0.4, -0.2) is 16.6 Å². The zero-order valence-electron chi connectivity index (χ0n) is 11.3. The molecule has 1 aromatic heterocycles. The maximum Gasteiger partial charge on any atom is 0.137 e. The van der Waals surface area contributed by atoms with E-state index in [0.717, 1.165) is 23.5 Å². The van der Waals surface area contributed by atoms with Crippen LogP contribution < -0.4 is 0 Å². The molecule has 0 spiro atoms. The molecule has 0 saturated heterocycles. The number of rotatable bonds is 5. The van der Waals surface area contributed by atoms with Gasteiger partial charge in [0, 0.05) is 17.9 Å². The summed E-state index contributed by atoms with van der Waals surface area (Å²) < 4.78 is 6.43. The minimum absolute atomic E-state index is 0.00685. The SMILES string of the molecule is CCOC(c1nc(=S)c(C)c(CC)[nH]1)C(C)C. The molecule has 17 heavy (non-hydrogen) atoms. The molecule has 0 saturated carbocycles. The monoisotopic (exact) mass is 254 g/mol. The fourth-order valence-corrected chi connectivity index (χ4v) is 2.08. The summed E-state index contributed by atoms with van der Waals surface area (Å²) in [5.74, 6) is 1.23. The first-order valence-electron chi connectivity index (χ1n) is 6.22. The summed E-state index contributed by atoms with van der Waals surface area (Å²) in [5.41, 5.74) is 2.23. The normalized spacial score (nSPS) is 13.1. The van der Waals surface area contributed by atoms with Gasteiger partial charge in [0.15, 0.2) is 0 Å². The quantitative estimate of drug-likeness (QED) is 0.813. The van der Waals surface area contributed by atoms with Crippen LogP contribution in [0.1, 0.15) is 50.9 Å². The number of nitrogens with one attached hydrogen (secondary N) is 1. The van der Waals surface area contributed by atoms with Crippen molar-refractivity contribution in [3.63, 3.8) is 0 Å². The molecule has 3 nitrogen and oxygen atoms in total. The molecule has 0 amide bonds. The summed E-state index contributed by atoms with van der Waals surface area (Å²) in [7, 11) is 0. The molecule has 0 bridgehead atoms. The van der Waals surface area contributed by atoms with Gasteiger partial charge in [-0.1, -0.05) is 33.0 Å². The fraction of sp³-hybridized carbons (Fsp3) is 0.692. The lowest BCUT2D eigenvalue weighted by Gasteiger charge is -2.21. The Balaban J connectivity index is 3.20. The minimum atomic E-state index is -0.00685. The third kappa shape index (κ3) is 3.36. The molecule has 1 N–H and O–H groups in total. The number of aryl methyl sites for hydroxylation is 1. The Bertz CT molecular complexity index is 426. The maximum atomic E-state index is 5.74. The Morgan fingerprint density at radius 2 is 2.00 bits per heavy atom. The van der Waals surface area contributed by atoms with Crippen LogP contribution >= 0.6 is 12.2 Å². The van der Waals surface area contributed by atoms with Crippen LogP contribution in [0.5, 0.6) is 0 Å². The third-order valence-corrected chi connectivity index (χ3v) is 3.25. The zero-order chi connectivity index (χ0) is 13.0. The number of ether oxygens (including phenoxy) is 1. The summed E-state index contributed by atoms with van der Waals surface area (Å²) >= 11 is 5.30. The summed E-state index contributed by atoms with van der Waals surface area (Å²) in [6, 6.07) is 0. The second kappa shape index (κ2) is 6.26. The molecule has 0 fully saturated rings. The van der Waals surface area contributed by atoms with E-state index in [0.29, 0.717) is 17.2 Å². The molecule has 1 unspecified atom stereocenters. The van der Waals surface area contributed by atoms with Gasteiger partial charge >= 0.3 is 0 Å². The van der Waals surface area contributed by atoms with Gasteiger partial charge in [-0.15, -0.1) is 0 Å². The Morgan fingerprint density at radius 3 is 2.47 bits per heavy atom. The van der Waals surface area contributed by atoms with Crippen LogP contribution in [0.4, 0.5) is 0 Å². The lowest BCUT2D eigenvalue weighted by molar-refractivity contribution is 0.0229. The molecule has 1 heterocycles. The summed E-state index contributed by atoms with van der Waals surface area (Å²) in [6.45, 7) is 11.1. The van der Waals surface area contributed by atoms with Crippen LogP contribution in [0, 0.1) is 17.5 Å². The largest absolute Gasteiger partial charge is 0.370 e. The first kappa shape index (κ1) is 14.3. The lowest BCUT2D eigenvalue weighted by Crippen LogP contribution is -2.16. The van der Waals surface area contributed by atoms with Gasteiger partial charge in [-0.2, -0.15) is 0 Å². The van der Waals surface area contributed by atoms with Crippen molar-refractivity contribution in [3.05, 3.63) is 21.7 Å². The summed E-state index contributed by atoms with van der Waals surface area (Å²) in [5, 5.41) is 0. The molecule has 0 aromatic carbocycles. The van der Waals surface area contributed by atoms with E-state index in [9.17, 15) is 0 Å². The smallest absolute Gasteiger partial charge is 0.137 e. The van der Waals surface area contributed by atoms with Crippen molar-refractivity contribution >= 4 is 12.2 Å². The maximum absolute atomic E-state index is 5.74. The van der Waals surface area contributed by atoms with Crippen LogP contribution in [0.25, 0.3) is 0 Å². The molecule has 0 aliphatic rings. The van der Waals surface area contributed by atoms with Crippen molar-refractivity contribution in [1.29, 1.82) is 0 Å². The number of hydrogen-bond donors (Lipinski definition) is 1. The molecule has 0 aliphatic heterocycles. The van der Waals surface area contributed by atoms with Gasteiger partial charge in [0.25, 0.3) is 0 Å². The van der Waals surface area contributed by atoms with Crippen LogP contribution in [0.3, 0.4) is 0 Å². The summed E-state index contributed by atoms with van der Waals surface area (Å²) in [6.07, 6.45) is 0.926. The van der Waals surface area contributed by atoms with Crippen molar-refractivity contribution in [3.8, 4) is 0 Å². The van der Waals surface area contributed by atoms with E-state index in [2.05, 4.69) is 30.7 Å². The Kier molecular flexibility index (Phi) is 5.28. The molecule has 96 valence electrons. The van der Waals surface area contributed by atoms with Gasteiger partial charge in [-0.05, 0) is 26.2 Å².